The highest BCUT2D eigenvalue weighted by Crippen LogP contribution is 2.32. The maximum atomic E-state index is 12.2. The molecule has 7 nitrogen and oxygen atoms in total. The normalized spacial score (nSPS) is 11.0. The molecule has 0 spiro atoms. The van der Waals surface area contributed by atoms with Crippen LogP contribution >= 0.6 is 0 Å². The number of amides is 1. The van der Waals surface area contributed by atoms with Crippen molar-refractivity contribution in [3.05, 3.63) is 53.6 Å². The van der Waals surface area contributed by atoms with Crippen molar-refractivity contribution in [2.45, 2.75) is 6.92 Å². The molecule has 0 aromatic heterocycles. The summed E-state index contributed by atoms with van der Waals surface area (Å²) in [6.45, 7) is 2.15. The summed E-state index contributed by atoms with van der Waals surface area (Å²) in [5.74, 6) is 0.675. The molecule has 0 saturated carbocycles. The van der Waals surface area contributed by atoms with E-state index in [-0.39, 0.29) is 19.0 Å². The molecule has 2 aromatic carbocycles. The number of rotatable bonds is 8. The third kappa shape index (κ3) is 5.37. The number of anilines is 1. The predicted molar refractivity (Wildman–Crippen MR) is 105 cm³/mol. The van der Waals surface area contributed by atoms with Crippen LogP contribution in [0.25, 0.3) is 0 Å². The van der Waals surface area contributed by atoms with E-state index < -0.39 is 10.0 Å². The minimum atomic E-state index is -3.55. The van der Waals surface area contributed by atoms with Gasteiger partial charge >= 0.3 is 0 Å². The second-order valence-corrected chi connectivity index (χ2v) is 7.91. The van der Waals surface area contributed by atoms with Gasteiger partial charge in [-0.05, 0) is 31.2 Å². The van der Waals surface area contributed by atoms with Gasteiger partial charge in [-0.1, -0.05) is 17.7 Å². The first-order valence-corrected chi connectivity index (χ1v) is 10.2. The molecule has 0 fully saturated rings. The lowest BCUT2D eigenvalue weighted by molar-refractivity contribution is 0.0954. The Hall–Kier alpha value is -2.74. The van der Waals surface area contributed by atoms with Gasteiger partial charge in [-0.3, -0.25) is 9.10 Å². The summed E-state index contributed by atoms with van der Waals surface area (Å²) in [4.78, 5) is 12.2. The predicted octanol–water partition coefficient (Wildman–Crippen LogP) is 2.21. The Morgan fingerprint density at radius 2 is 1.78 bits per heavy atom. The van der Waals surface area contributed by atoms with Crippen molar-refractivity contribution < 1.29 is 22.7 Å². The van der Waals surface area contributed by atoms with E-state index in [1.54, 1.807) is 36.4 Å². The highest BCUT2D eigenvalue weighted by Gasteiger charge is 2.19. The highest BCUT2D eigenvalue weighted by molar-refractivity contribution is 7.92. The molecule has 146 valence electrons. The second-order valence-electron chi connectivity index (χ2n) is 6.00. The number of aryl methyl sites for hydroxylation is 1. The lowest BCUT2D eigenvalue weighted by Crippen LogP contribution is -2.38. The van der Waals surface area contributed by atoms with Gasteiger partial charge in [0, 0.05) is 18.2 Å². The Labute approximate surface area is 160 Å². The molecular weight excluding hydrogens is 368 g/mol. The van der Waals surface area contributed by atoms with Gasteiger partial charge in [-0.15, -0.1) is 0 Å². The number of carbonyl (C=O) groups is 1. The number of hydrogen-bond donors (Lipinski definition) is 1. The zero-order valence-electron chi connectivity index (χ0n) is 15.9. The van der Waals surface area contributed by atoms with Crippen LogP contribution in [0.15, 0.2) is 42.5 Å². The topological polar surface area (TPSA) is 84.9 Å². The van der Waals surface area contributed by atoms with Crippen molar-refractivity contribution in [2.24, 2.45) is 0 Å². The van der Waals surface area contributed by atoms with Crippen LogP contribution in [0.3, 0.4) is 0 Å². The van der Waals surface area contributed by atoms with E-state index >= 15 is 0 Å². The van der Waals surface area contributed by atoms with Crippen LogP contribution < -0.4 is 19.1 Å². The molecule has 8 heteroatoms. The van der Waals surface area contributed by atoms with Crippen LogP contribution in [0.5, 0.6) is 11.5 Å². The lowest BCUT2D eigenvalue weighted by atomic mass is 10.1. The number of carbonyl (C=O) groups excluding carboxylic acids is 1. The van der Waals surface area contributed by atoms with Crippen LogP contribution in [0.4, 0.5) is 5.69 Å². The molecule has 0 saturated heterocycles. The van der Waals surface area contributed by atoms with E-state index in [2.05, 4.69) is 5.32 Å². The summed E-state index contributed by atoms with van der Waals surface area (Å²) in [6.07, 6.45) is 1.12. The van der Waals surface area contributed by atoms with E-state index in [9.17, 15) is 13.2 Å². The number of benzene rings is 2. The molecule has 27 heavy (non-hydrogen) atoms. The Kier molecular flexibility index (Phi) is 6.68. The number of nitrogens with zero attached hydrogens (tertiary/aromatic N) is 1. The standard InChI is InChI=1S/C19H24N2O5S/c1-14-6-5-7-15(12-14)19(22)20-10-11-21(27(4,23)24)16-8-9-17(25-2)18(13-16)26-3/h5-9,12-13H,10-11H2,1-4H3,(H,20,22). The van der Waals surface area contributed by atoms with Crippen LogP contribution in [-0.4, -0.2) is 47.9 Å². The fourth-order valence-electron chi connectivity index (χ4n) is 2.63. The van der Waals surface area contributed by atoms with Gasteiger partial charge in [0.2, 0.25) is 10.0 Å². The summed E-state index contributed by atoms with van der Waals surface area (Å²) >= 11 is 0. The Balaban J connectivity index is 2.13. The van der Waals surface area contributed by atoms with Crippen molar-refractivity contribution in [1.82, 2.24) is 5.32 Å². The summed E-state index contributed by atoms with van der Waals surface area (Å²) in [5, 5.41) is 2.75. The molecule has 0 radical (unpaired) electrons. The third-order valence-electron chi connectivity index (χ3n) is 3.94. The van der Waals surface area contributed by atoms with Gasteiger partial charge in [0.05, 0.1) is 32.7 Å². The largest absolute Gasteiger partial charge is 0.493 e. The van der Waals surface area contributed by atoms with Gasteiger partial charge in [0.25, 0.3) is 5.91 Å². The Morgan fingerprint density at radius 1 is 1.07 bits per heavy atom. The number of nitrogens with one attached hydrogen (secondary N) is 1. The van der Waals surface area contributed by atoms with Gasteiger partial charge in [-0.25, -0.2) is 8.42 Å². The average molecular weight is 392 g/mol. The summed E-state index contributed by atoms with van der Waals surface area (Å²) < 4.78 is 36.1. The minimum Gasteiger partial charge on any atom is -0.493 e. The van der Waals surface area contributed by atoms with E-state index in [1.807, 2.05) is 13.0 Å². The Morgan fingerprint density at radius 3 is 2.37 bits per heavy atom. The first-order valence-electron chi connectivity index (χ1n) is 8.31. The second kappa shape index (κ2) is 8.77. The fourth-order valence-corrected chi connectivity index (χ4v) is 3.55. The van der Waals surface area contributed by atoms with Crippen molar-refractivity contribution in [2.75, 3.05) is 37.9 Å². The lowest BCUT2D eigenvalue weighted by Gasteiger charge is -2.23. The molecule has 2 rings (SSSR count). The van der Waals surface area contributed by atoms with Crippen LogP contribution in [0.1, 0.15) is 15.9 Å². The smallest absolute Gasteiger partial charge is 0.251 e. The van der Waals surface area contributed by atoms with E-state index in [4.69, 9.17) is 9.47 Å². The molecule has 0 aliphatic carbocycles. The first kappa shape index (κ1) is 20.6. The average Bonchev–Trinajstić information content (AvgIpc) is 2.63. The maximum Gasteiger partial charge on any atom is 0.251 e. The molecule has 0 bridgehead atoms. The molecular formula is C19H24N2O5S. The molecule has 0 heterocycles. The number of methoxy groups -OCH3 is 2. The van der Waals surface area contributed by atoms with Crippen LogP contribution in [0.2, 0.25) is 0 Å². The van der Waals surface area contributed by atoms with Crippen molar-refractivity contribution in [3.8, 4) is 11.5 Å². The monoisotopic (exact) mass is 392 g/mol. The Bertz CT molecular complexity index is 912. The van der Waals surface area contributed by atoms with Gasteiger partial charge in [0.1, 0.15) is 0 Å². The van der Waals surface area contributed by atoms with Gasteiger partial charge in [0.15, 0.2) is 11.5 Å². The third-order valence-corrected chi connectivity index (χ3v) is 5.13. The summed E-state index contributed by atoms with van der Waals surface area (Å²) in [6, 6.07) is 12.0. The quantitative estimate of drug-likeness (QED) is 0.745. The molecule has 0 atom stereocenters. The fraction of sp³-hybridized carbons (Fsp3) is 0.316. The molecule has 0 aliphatic rings. The molecule has 1 N–H and O–H groups in total. The van der Waals surface area contributed by atoms with Crippen LogP contribution in [-0.2, 0) is 10.0 Å². The van der Waals surface area contributed by atoms with E-state index in [1.165, 1.54) is 18.5 Å². The number of sulfonamides is 1. The molecule has 2 aromatic rings. The highest BCUT2D eigenvalue weighted by atomic mass is 32.2. The molecule has 0 unspecified atom stereocenters. The zero-order valence-corrected chi connectivity index (χ0v) is 16.7. The van der Waals surface area contributed by atoms with Gasteiger partial charge < -0.3 is 14.8 Å². The SMILES string of the molecule is COc1ccc(N(CCNC(=O)c2cccc(C)c2)S(C)(=O)=O)cc1OC. The molecule has 0 aliphatic heterocycles. The molecule has 1 amide bonds. The van der Waals surface area contributed by atoms with Crippen molar-refractivity contribution in [3.63, 3.8) is 0 Å². The van der Waals surface area contributed by atoms with Crippen molar-refractivity contribution >= 4 is 21.6 Å². The first-order chi connectivity index (χ1) is 12.8. The number of hydrogen-bond acceptors (Lipinski definition) is 5. The van der Waals surface area contributed by atoms with Crippen LogP contribution in [0, 0.1) is 6.92 Å². The summed E-state index contributed by atoms with van der Waals surface area (Å²) in [7, 11) is -0.559. The minimum absolute atomic E-state index is 0.0892. The van der Waals surface area contributed by atoms with E-state index in [0.29, 0.717) is 22.7 Å². The maximum absolute atomic E-state index is 12.2. The van der Waals surface area contributed by atoms with Crippen molar-refractivity contribution in [1.29, 1.82) is 0 Å². The summed E-state index contributed by atoms with van der Waals surface area (Å²) in [5.41, 5.74) is 1.94. The number of ether oxygens (including phenoxy) is 2. The van der Waals surface area contributed by atoms with Gasteiger partial charge in [-0.2, -0.15) is 0 Å². The van der Waals surface area contributed by atoms with E-state index in [0.717, 1.165) is 11.8 Å². The zero-order chi connectivity index (χ0) is 20.0.